The Labute approximate surface area is 107 Å². The summed E-state index contributed by atoms with van der Waals surface area (Å²) in [7, 11) is 0. The third-order valence-electron chi connectivity index (χ3n) is 2.69. The summed E-state index contributed by atoms with van der Waals surface area (Å²) < 4.78 is 1.94. The summed E-state index contributed by atoms with van der Waals surface area (Å²) in [5.74, 6) is 1.36. The molecule has 0 aromatic carbocycles. The number of nitrogens with two attached hydrogens (primary N) is 1. The molecule has 17 heavy (non-hydrogen) atoms. The van der Waals surface area contributed by atoms with E-state index < -0.39 is 0 Å². The standard InChI is InChI=1S/C11H17N5.ClH/c1-2-3-4-5-6-16-10-9(14-8-15-10)7-13-11(16)12;/h7-8H,2-6H2,1H3,(H2,12,13);1H. The van der Waals surface area contributed by atoms with E-state index in [2.05, 4.69) is 21.9 Å². The van der Waals surface area contributed by atoms with Gasteiger partial charge in [-0.2, -0.15) is 0 Å². The molecular weight excluding hydrogens is 238 g/mol. The molecule has 2 N–H and O–H groups in total. The Morgan fingerprint density at radius 1 is 1.18 bits per heavy atom. The molecule has 0 aromatic rings. The Kier molecular flexibility index (Phi) is 5.15. The molecule has 0 saturated carbocycles. The van der Waals surface area contributed by atoms with E-state index in [1.807, 2.05) is 4.57 Å². The number of fused-ring (bicyclic) bond motifs is 1. The fraction of sp³-hybridized carbons (Fsp3) is 0.545. The van der Waals surface area contributed by atoms with Crippen LogP contribution in [0.15, 0.2) is 12.5 Å². The summed E-state index contributed by atoms with van der Waals surface area (Å²) in [4.78, 5) is 12.4. The predicted molar refractivity (Wildman–Crippen MR) is 70.2 cm³/mol. The van der Waals surface area contributed by atoms with Crippen LogP contribution in [0, 0.1) is 0 Å². The molecular formula is C11H18ClN5. The average Bonchev–Trinajstić information content (AvgIpc) is 2.75. The zero-order valence-corrected chi connectivity index (χ0v) is 10.8. The van der Waals surface area contributed by atoms with Gasteiger partial charge in [0.25, 0.3) is 0 Å². The maximum Gasteiger partial charge on any atom is 0.201 e. The molecule has 0 aromatic heterocycles. The first-order chi connectivity index (χ1) is 7.83. The molecule has 0 fully saturated rings. The minimum absolute atomic E-state index is 0. The lowest BCUT2D eigenvalue weighted by atomic mass is 10.2. The van der Waals surface area contributed by atoms with Crippen LogP contribution in [0.4, 0.5) is 5.95 Å². The normalized spacial score (nSPS) is 10.4. The molecule has 2 aliphatic heterocycles. The highest BCUT2D eigenvalue weighted by Crippen LogP contribution is 2.19. The summed E-state index contributed by atoms with van der Waals surface area (Å²) in [6.45, 7) is 3.07. The molecule has 0 amide bonds. The molecule has 94 valence electrons. The molecule has 5 nitrogen and oxygen atoms in total. The summed E-state index contributed by atoms with van der Waals surface area (Å²) >= 11 is 0. The highest BCUT2D eigenvalue weighted by molar-refractivity contribution is 5.85. The van der Waals surface area contributed by atoms with Crippen molar-refractivity contribution in [3.05, 3.63) is 12.5 Å². The van der Waals surface area contributed by atoms with Crippen LogP contribution in [-0.4, -0.2) is 19.5 Å². The van der Waals surface area contributed by atoms with Gasteiger partial charge in [-0.05, 0) is 6.42 Å². The van der Waals surface area contributed by atoms with E-state index in [9.17, 15) is 0 Å². The number of unbranched alkanes of at least 4 members (excludes halogenated alkanes) is 3. The molecule has 0 saturated heterocycles. The van der Waals surface area contributed by atoms with Crippen LogP contribution in [0.1, 0.15) is 32.6 Å². The SMILES string of the molecule is CCCCCCn1c(N)ncc2ncnc1-2.Cl. The molecule has 2 aliphatic rings. The van der Waals surface area contributed by atoms with Crippen LogP contribution in [0.5, 0.6) is 0 Å². The Balaban J connectivity index is 0.00000144. The molecule has 2 heterocycles. The van der Waals surface area contributed by atoms with Gasteiger partial charge >= 0.3 is 0 Å². The van der Waals surface area contributed by atoms with Gasteiger partial charge in [0.1, 0.15) is 12.0 Å². The molecule has 6 heteroatoms. The monoisotopic (exact) mass is 255 g/mol. The smallest absolute Gasteiger partial charge is 0.201 e. The van der Waals surface area contributed by atoms with Crippen molar-refractivity contribution >= 4 is 18.4 Å². The number of rotatable bonds is 5. The van der Waals surface area contributed by atoms with Crippen molar-refractivity contribution in [1.29, 1.82) is 0 Å². The second kappa shape index (κ2) is 6.39. The number of hydrogen-bond acceptors (Lipinski definition) is 4. The predicted octanol–water partition coefficient (Wildman–Crippen LogP) is 2.36. The zero-order valence-electron chi connectivity index (χ0n) is 9.96. The van der Waals surface area contributed by atoms with E-state index in [1.54, 1.807) is 12.5 Å². The van der Waals surface area contributed by atoms with Gasteiger partial charge in [-0.15, -0.1) is 12.4 Å². The largest absolute Gasteiger partial charge is 0.369 e. The van der Waals surface area contributed by atoms with E-state index >= 15 is 0 Å². The van der Waals surface area contributed by atoms with Crippen LogP contribution >= 0.6 is 12.4 Å². The summed E-state index contributed by atoms with van der Waals surface area (Å²) in [6, 6.07) is 0. The van der Waals surface area contributed by atoms with Crippen LogP contribution in [0.2, 0.25) is 0 Å². The van der Waals surface area contributed by atoms with Gasteiger partial charge in [0.2, 0.25) is 5.95 Å². The van der Waals surface area contributed by atoms with E-state index in [0.717, 1.165) is 24.5 Å². The van der Waals surface area contributed by atoms with E-state index in [4.69, 9.17) is 5.73 Å². The fourth-order valence-electron chi connectivity index (χ4n) is 1.79. The van der Waals surface area contributed by atoms with Crippen molar-refractivity contribution in [2.45, 2.75) is 39.2 Å². The highest BCUT2D eigenvalue weighted by atomic mass is 35.5. The molecule has 0 unspecified atom stereocenters. The number of nitrogens with zero attached hydrogens (tertiary/aromatic N) is 4. The summed E-state index contributed by atoms with van der Waals surface area (Å²) in [5, 5.41) is 0. The van der Waals surface area contributed by atoms with Crippen LogP contribution < -0.4 is 5.73 Å². The second-order valence-corrected chi connectivity index (χ2v) is 3.91. The van der Waals surface area contributed by atoms with E-state index in [1.165, 1.54) is 19.3 Å². The summed E-state index contributed by atoms with van der Waals surface area (Å²) in [5.41, 5.74) is 6.65. The van der Waals surface area contributed by atoms with Gasteiger partial charge in [-0.25, -0.2) is 15.0 Å². The van der Waals surface area contributed by atoms with Gasteiger partial charge in [-0.3, -0.25) is 4.57 Å². The molecule has 2 rings (SSSR count). The lowest BCUT2D eigenvalue weighted by Crippen LogP contribution is -2.12. The second-order valence-electron chi connectivity index (χ2n) is 3.91. The van der Waals surface area contributed by atoms with E-state index in [0.29, 0.717) is 5.95 Å². The summed E-state index contributed by atoms with van der Waals surface area (Å²) in [6.07, 6.45) is 8.04. The lowest BCUT2D eigenvalue weighted by molar-refractivity contribution is 0.580. The number of aromatic nitrogens is 4. The van der Waals surface area contributed by atoms with Crippen molar-refractivity contribution in [3.8, 4) is 11.5 Å². The van der Waals surface area contributed by atoms with E-state index in [-0.39, 0.29) is 12.4 Å². The Bertz CT molecular complexity index is 428. The van der Waals surface area contributed by atoms with Crippen molar-refractivity contribution in [2.75, 3.05) is 5.73 Å². The number of halogens is 1. The maximum atomic E-state index is 5.84. The third kappa shape index (κ3) is 3.06. The van der Waals surface area contributed by atoms with Crippen molar-refractivity contribution in [1.82, 2.24) is 19.5 Å². The molecule has 0 bridgehead atoms. The highest BCUT2D eigenvalue weighted by Gasteiger charge is 2.12. The number of imidazole rings is 1. The van der Waals surface area contributed by atoms with Gasteiger partial charge in [0, 0.05) is 6.54 Å². The molecule has 0 aliphatic carbocycles. The van der Waals surface area contributed by atoms with Gasteiger partial charge in [0.05, 0.1) is 6.20 Å². The Morgan fingerprint density at radius 2 is 2.00 bits per heavy atom. The number of anilines is 1. The maximum absolute atomic E-state index is 5.84. The minimum atomic E-state index is 0. The van der Waals surface area contributed by atoms with Crippen LogP contribution in [0.25, 0.3) is 11.5 Å². The van der Waals surface area contributed by atoms with Crippen molar-refractivity contribution in [2.24, 2.45) is 0 Å². The first-order valence-corrected chi connectivity index (χ1v) is 5.74. The van der Waals surface area contributed by atoms with Crippen molar-refractivity contribution < 1.29 is 0 Å². The molecule has 0 radical (unpaired) electrons. The third-order valence-corrected chi connectivity index (χ3v) is 2.69. The van der Waals surface area contributed by atoms with Crippen LogP contribution in [-0.2, 0) is 6.54 Å². The number of hydrogen-bond donors (Lipinski definition) is 1. The fourth-order valence-corrected chi connectivity index (χ4v) is 1.79. The first-order valence-electron chi connectivity index (χ1n) is 5.74. The van der Waals surface area contributed by atoms with Crippen molar-refractivity contribution in [3.63, 3.8) is 0 Å². The Morgan fingerprint density at radius 3 is 2.76 bits per heavy atom. The Hall–Kier alpha value is -1.36. The quantitative estimate of drug-likeness (QED) is 0.833. The van der Waals surface area contributed by atoms with Gasteiger partial charge < -0.3 is 5.73 Å². The van der Waals surface area contributed by atoms with Gasteiger partial charge in [0.15, 0.2) is 5.82 Å². The molecule has 0 atom stereocenters. The topological polar surface area (TPSA) is 69.6 Å². The minimum Gasteiger partial charge on any atom is -0.369 e. The lowest BCUT2D eigenvalue weighted by Gasteiger charge is -2.12. The van der Waals surface area contributed by atoms with Gasteiger partial charge in [-0.1, -0.05) is 26.2 Å². The van der Waals surface area contributed by atoms with Crippen LogP contribution in [0.3, 0.4) is 0 Å². The first kappa shape index (κ1) is 13.7. The average molecular weight is 256 g/mol. The molecule has 0 spiro atoms. The zero-order chi connectivity index (χ0) is 11.4. The number of nitrogen functional groups attached to an aromatic ring is 1.